The number of piperidine rings is 1. The second kappa shape index (κ2) is 6.95. The zero-order valence-corrected chi connectivity index (χ0v) is 12.8. The normalized spacial score (nSPS) is 16.9. The van der Waals surface area contributed by atoms with Crippen LogP contribution in [0.1, 0.15) is 25.3 Å². The third-order valence-electron chi connectivity index (χ3n) is 3.82. The monoisotopic (exact) mass is 295 g/mol. The first-order valence-electron chi connectivity index (χ1n) is 7.14. The Balaban J connectivity index is 1.85. The Bertz CT molecular complexity index is 470. The van der Waals surface area contributed by atoms with Gasteiger partial charge in [-0.05, 0) is 44.0 Å². The van der Waals surface area contributed by atoms with E-state index >= 15 is 0 Å². The molecule has 0 bridgehead atoms. The molecule has 0 spiro atoms. The van der Waals surface area contributed by atoms with E-state index in [1.165, 1.54) is 0 Å². The molecule has 1 aliphatic heterocycles. The molecule has 2 rings (SSSR count). The van der Waals surface area contributed by atoms with E-state index in [0.29, 0.717) is 5.02 Å². The van der Waals surface area contributed by atoms with Gasteiger partial charge in [0.15, 0.2) is 0 Å². The highest BCUT2D eigenvalue weighted by Crippen LogP contribution is 2.20. The van der Waals surface area contributed by atoms with Crippen LogP contribution < -0.4 is 10.6 Å². The quantitative estimate of drug-likeness (QED) is 0.899. The van der Waals surface area contributed by atoms with Crippen LogP contribution in [0.2, 0.25) is 5.02 Å². The summed E-state index contributed by atoms with van der Waals surface area (Å²) in [4.78, 5) is 14.4. The number of urea groups is 1. The Kier molecular flexibility index (Phi) is 5.26. The number of nitrogens with one attached hydrogen (secondary N) is 2. The predicted octanol–water partition coefficient (Wildman–Crippen LogP) is 3.25. The van der Waals surface area contributed by atoms with Crippen molar-refractivity contribution in [2.45, 2.75) is 32.7 Å². The third kappa shape index (κ3) is 4.12. The lowest BCUT2D eigenvalue weighted by atomic mass is 10.1. The van der Waals surface area contributed by atoms with Gasteiger partial charge in [-0.15, -0.1) is 0 Å². The molecule has 5 heteroatoms. The Morgan fingerprint density at radius 3 is 2.75 bits per heavy atom. The molecule has 0 unspecified atom stereocenters. The van der Waals surface area contributed by atoms with Crippen molar-refractivity contribution in [2.75, 3.05) is 25.0 Å². The van der Waals surface area contributed by atoms with E-state index in [2.05, 4.69) is 22.5 Å². The van der Waals surface area contributed by atoms with Crippen molar-refractivity contribution >= 4 is 23.3 Å². The molecule has 1 fully saturated rings. The highest BCUT2D eigenvalue weighted by molar-refractivity contribution is 6.31. The number of carbonyl (C=O) groups is 1. The van der Waals surface area contributed by atoms with Crippen molar-refractivity contribution in [1.82, 2.24) is 10.2 Å². The van der Waals surface area contributed by atoms with E-state index in [9.17, 15) is 4.79 Å². The number of hydrogen-bond acceptors (Lipinski definition) is 2. The van der Waals surface area contributed by atoms with Crippen LogP contribution in [0.3, 0.4) is 0 Å². The number of halogens is 1. The molecule has 1 aromatic carbocycles. The van der Waals surface area contributed by atoms with Gasteiger partial charge >= 0.3 is 6.03 Å². The molecule has 2 amide bonds. The van der Waals surface area contributed by atoms with Crippen LogP contribution in [-0.4, -0.2) is 36.6 Å². The van der Waals surface area contributed by atoms with Gasteiger partial charge < -0.3 is 15.5 Å². The maximum Gasteiger partial charge on any atom is 0.319 e. The lowest BCUT2D eigenvalue weighted by Gasteiger charge is -2.31. The minimum absolute atomic E-state index is 0.148. The fourth-order valence-corrected chi connectivity index (χ4v) is 2.64. The molecular weight excluding hydrogens is 274 g/mol. The lowest BCUT2D eigenvalue weighted by Crippen LogP contribution is -2.45. The Labute approximate surface area is 125 Å². The van der Waals surface area contributed by atoms with Gasteiger partial charge in [0.25, 0.3) is 0 Å². The van der Waals surface area contributed by atoms with E-state index < -0.39 is 0 Å². The predicted molar refractivity (Wildman–Crippen MR) is 83.5 cm³/mol. The van der Waals surface area contributed by atoms with Crippen molar-refractivity contribution in [1.29, 1.82) is 0 Å². The highest BCUT2D eigenvalue weighted by Gasteiger charge is 2.19. The van der Waals surface area contributed by atoms with Gasteiger partial charge in [-0.2, -0.15) is 0 Å². The van der Waals surface area contributed by atoms with Crippen molar-refractivity contribution in [2.24, 2.45) is 0 Å². The van der Waals surface area contributed by atoms with Crippen LogP contribution in [-0.2, 0) is 0 Å². The topological polar surface area (TPSA) is 44.4 Å². The SMILES string of the molecule is CCN1CCC(NC(=O)Nc2cc(Cl)ccc2C)CC1. The first-order valence-corrected chi connectivity index (χ1v) is 7.52. The second-order valence-corrected chi connectivity index (χ2v) is 5.70. The summed E-state index contributed by atoms with van der Waals surface area (Å²) in [5.74, 6) is 0. The average Bonchev–Trinajstić information content (AvgIpc) is 2.43. The zero-order valence-electron chi connectivity index (χ0n) is 12.1. The fourth-order valence-electron chi connectivity index (χ4n) is 2.47. The number of amides is 2. The number of rotatable bonds is 3. The second-order valence-electron chi connectivity index (χ2n) is 5.27. The molecule has 110 valence electrons. The molecule has 2 N–H and O–H groups in total. The molecule has 1 heterocycles. The van der Waals surface area contributed by atoms with E-state index in [1.807, 2.05) is 19.1 Å². The van der Waals surface area contributed by atoms with Gasteiger partial charge in [-0.3, -0.25) is 0 Å². The van der Waals surface area contributed by atoms with Crippen LogP contribution in [0.5, 0.6) is 0 Å². The molecule has 0 saturated carbocycles. The number of benzene rings is 1. The summed E-state index contributed by atoms with van der Waals surface area (Å²) >= 11 is 5.95. The summed E-state index contributed by atoms with van der Waals surface area (Å²) in [6.07, 6.45) is 2.02. The van der Waals surface area contributed by atoms with Crippen molar-refractivity contribution in [3.05, 3.63) is 28.8 Å². The van der Waals surface area contributed by atoms with Crippen molar-refractivity contribution in [3.8, 4) is 0 Å². The number of aryl methyl sites for hydroxylation is 1. The van der Waals surface area contributed by atoms with Gasteiger partial charge in [-0.25, -0.2) is 4.79 Å². The van der Waals surface area contributed by atoms with Crippen LogP contribution in [0.4, 0.5) is 10.5 Å². The van der Waals surface area contributed by atoms with Crippen molar-refractivity contribution < 1.29 is 4.79 Å². The van der Waals surface area contributed by atoms with Gasteiger partial charge in [-0.1, -0.05) is 24.6 Å². The zero-order chi connectivity index (χ0) is 14.5. The van der Waals surface area contributed by atoms with E-state index in [-0.39, 0.29) is 12.1 Å². The minimum Gasteiger partial charge on any atom is -0.335 e. The number of hydrogen-bond donors (Lipinski definition) is 2. The van der Waals surface area contributed by atoms with Crippen molar-refractivity contribution in [3.63, 3.8) is 0 Å². The van der Waals surface area contributed by atoms with Gasteiger partial charge in [0.2, 0.25) is 0 Å². The summed E-state index contributed by atoms with van der Waals surface area (Å²) in [5, 5.41) is 6.54. The van der Waals surface area contributed by atoms with Crippen LogP contribution in [0.15, 0.2) is 18.2 Å². The third-order valence-corrected chi connectivity index (χ3v) is 4.05. The summed E-state index contributed by atoms with van der Waals surface area (Å²) in [6.45, 7) is 7.31. The maximum absolute atomic E-state index is 12.0. The molecule has 0 radical (unpaired) electrons. The maximum atomic E-state index is 12.0. The average molecular weight is 296 g/mol. The van der Waals surface area contributed by atoms with Crippen LogP contribution >= 0.6 is 11.6 Å². The molecule has 0 aliphatic carbocycles. The van der Waals surface area contributed by atoms with E-state index in [0.717, 1.165) is 43.7 Å². The minimum atomic E-state index is -0.148. The largest absolute Gasteiger partial charge is 0.335 e. The number of anilines is 1. The van der Waals surface area contributed by atoms with E-state index in [4.69, 9.17) is 11.6 Å². The number of carbonyl (C=O) groups excluding carboxylic acids is 1. The molecular formula is C15H22ClN3O. The van der Waals surface area contributed by atoms with Gasteiger partial charge in [0, 0.05) is 29.8 Å². The highest BCUT2D eigenvalue weighted by atomic mass is 35.5. The summed E-state index contributed by atoms with van der Waals surface area (Å²) < 4.78 is 0. The summed E-state index contributed by atoms with van der Waals surface area (Å²) in [7, 11) is 0. The van der Waals surface area contributed by atoms with Gasteiger partial charge in [0.1, 0.15) is 0 Å². The first-order chi connectivity index (χ1) is 9.58. The molecule has 1 aromatic rings. The van der Waals surface area contributed by atoms with Gasteiger partial charge in [0.05, 0.1) is 0 Å². The Morgan fingerprint density at radius 2 is 2.10 bits per heavy atom. The van der Waals surface area contributed by atoms with Crippen LogP contribution in [0.25, 0.3) is 0 Å². The molecule has 0 aromatic heterocycles. The Morgan fingerprint density at radius 1 is 1.40 bits per heavy atom. The number of likely N-dealkylation sites (tertiary alicyclic amines) is 1. The first kappa shape index (κ1) is 15.1. The lowest BCUT2D eigenvalue weighted by molar-refractivity contribution is 0.203. The fraction of sp³-hybridized carbons (Fsp3) is 0.533. The standard InChI is InChI=1S/C15H22ClN3O/c1-3-19-8-6-13(7-9-19)17-15(20)18-14-10-12(16)5-4-11(14)2/h4-5,10,13H,3,6-9H2,1-2H3,(H2,17,18,20). The summed E-state index contributed by atoms with van der Waals surface area (Å²) in [5.41, 5.74) is 1.77. The van der Waals surface area contributed by atoms with Crippen LogP contribution in [0, 0.1) is 6.92 Å². The smallest absolute Gasteiger partial charge is 0.319 e. The molecule has 20 heavy (non-hydrogen) atoms. The molecule has 0 atom stereocenters. The van der Waals surface area contributed by atoms with E-state index in [1.54, 1.807) is 6.07 Å². The number of nitrogens with zero attached hydrogens (tertiary/aromatic N) is 1. The molecule has 1 aliphatic rings. The molecule has 1 saturated heterocycles. The Hall–Kier alpha value is -1.26. The summed E-state index contributed by atoms with van der Waals surface area (Å²) in [6, 6.07) is 5.61. The molecule has 4 nitrogen and oxygen atoms in total.